The molecule has 0 aliphatic carbocycles. The van der Waals surface area contributed by atoms with Crippen molar-refractivity contribution >= 4 is 35.0 Å². The first-order valence-corrected chi connectivity index (χ1v) is 11.2. The van der Waals surface area contributed by atoms with Crippen molar-refractivity contribution in [2.24, 2.45) is 0 Å². The van der Waals surface area contributed by atoms with Crippen LogP contribution < -0.4 is 10.1 Å². The number of rotatable bonds is 10. The van der Waals surface area contributed by atoms with E-state index >= 15 is 0 Å². The third kappa shape index (κ3) is 7.82. The molecular weight excluding hydrogens is 480 g/mol. The number of nitro groups is 1. The van der Waals surface area contributed by atoms with Crippen molar-refractivity contribution < 1.29 is 33.6 Å². The Hall–Kier alpha value is -4.86. The molecule has 10 nitrogen and oxygen atoms in total. The Bertz CT molecular complexity index is 1330. The molecule has 0 aliphatic heterocycles. The highest BCUT2D eigenvalue weighted by Gasteiger charge is 2.17. The summed E-state index contributed by atoms with van der Waals surface area (Å²) in [4.78, 5) is 59.1. The molecule has 190 valence electrons. The van der Waals surface area contributed by atoms with E-state index in [1.54, 1.807) is 37.3 Å². The summed E-state index contributed by atoms with van der Waals surface area (Å²) in [5.41, 5.74) is 2.08. The lowest BCUT2D eigenvalue weighted by Gasteiger charge is -2.08. The number of nitrogens with one attached hydrogen (secondary N) is 1. The molecule has 0 unspecified atom stereocenters. The second-order valence-corrected chi connectivity index (χ2v) is 8.19. The summed E-state index contributed by atoms with van der Waals surface area (Å²) in [7, 11) is 0. The molecule has 3 rings (SSSR count). The molecular formula is C27H24N2O8. The van der Waals surface area contributed by atoms with Gasteiger partial charge in [-0.3, -0.25) is 24.5 Å². The molecule has 1 amide bonds. The number of anilines is 1. The summed E-state index contributed by atoms with van der Waals surface area (Å²) in [5.74, 6) is -2.14. The molecule has 0 heterocycles. The Morgan fingerprint density at radius 1 is 0.838 bits per heavy atom. The second-order valence-electron chi connectivity index (χ2n) is 8.19. The first kappa shape index (κ1) is 26.7. The zero-order valence-corrected chi connectivity index (χ0v) is 20.2. The monoisotopic (exact) mass is 504 g/mol. The topological polar surface area (TPSA) is 142 Å². The molecule has 0 atom stereocenters. The number of nitro benzene ring substituents is 1. The fraction of sp³-hybridized carbons (Fsp3) is 0.185. The molecule has 0 radical (unpaired) electrons. The van der Waals surface area contributed by atoms with Gasteiger partial charge in [0.1, 0.15) is 11.4 Å². The highest BCUT2D eigenvalue weighted by molar-refractivity contribution is 5.99. The smallest absolute Gasteiger partial charge is 0.343 e. The summed E-state index contributed by atoms with van der Waals surface area (Å²) < 4.78 is 10.2. The summed E-state index contributed by atoms with van der Waals surface area (Å²) in [6, 6.07) is 17.0. The lowest BCUT2D eigenvalue weighted by Crippen LogP contribution is -2.18. The minimum absolute atomic E-state index is 0.0251. The maximum absolute atomic E-state index is 12.3. The highest BCUT2D eigenvalue weighted by atomic mass is 16.6. The molecule has 10 heteroatoms. The van der Waals surface area contributed by atoms with Crippen LogP contribution in [0.1, 0.15) is 44.7 Å². The van der Waals surface area contributed by atoms with Crippen molar-refractivity contribution in [3.8, 4) is 5.75 Å². The standard InChI is InChI=1S/C27H24N2O8/c1-17-3-6-20(7-4-17)27(33)37-21-10-8-19(9-11-21)24(30)16-36-26(32)14-13-25(31)28-22-12-5-18(2)15-23(22)29(34)35/h3-12,15H,13-14,16H2,1-2H3,(H,28,31). The van der Waals surface area contributed by atoms with Gasteiger partial charge in [0.15, 0.2) is 12.4 Å². The SMILES string of the molecule is Cc1ccc(C(=O)Oc2ccc(C(=O)COC(=O)CCC(=O)Nc3ccc(C)cc3[N+](=O)[O-])cc2)cc1. The number of amides is 1. The number of hydrogen-bond acceptors (Lipinski definition) is 8. The van der Waals surface area contributed by atoms with Gasteiger partial charge in [0.25, 0.3) is 5.69 Å². The number of carbonyl (C=O) groups excluding carboxylic acids is 4. The van der Waals surface area contributed by atoms with Crippen molar-refractivity contribution in [2.75, 3.05) is 11.9 Å². The van der Waals surface area contributed by atoms with Gasteiger partial charge >= 0.3 is 11.9 Å². The predicted octanol–water partition coefficient (Wildman–Crippen LogP) is 4.58. The van der Waals surface area contributed by atoms with E-state index in [-0.39, 0.29) is 35.5 Å². The molecule has 0 aromatic heterocycles. The maximum Gasteiger partial charge on any atom is 0.343 e. The van der Waals surface area contributed by atoms with Gasteiger partial charge in [-0.1, -0.05) is 23.8 Å². The molecule has 0 saturated heterocycles. The zero-order valence-electron chi connectivity index (χ0n) is 20.2. The molecule has 3 aromatic carbocycles. The first-order valence-electron chi connectivity index (χ1n) is 11.2. The molecule has 0 spiro atoms. The Balaban J connectivity index is 1.44. The third-order valence-corrected chi connectivity index (χ3v) is 5.22. The van der Waals surface area contributed by atoms with Gasteiger partial charge in [0, 0.05) is 18.1 Å². The summed E-state index contributed by atoms with van der Waals surface area (Å²) >= 11 is 0. The molecule has 3 aromatic rings. The molecule has 0 fully saturated rings. The Labute approximate surface area is 212 Å². The van der Waals surface area contributed by atoms with Crippen LogP contribution in [-0.2, 0) is 14.3 Å². The van der Waals surface area contributed by atoms with Gasteiger partial charge < -0.3 is 14.8 Å². The fourth-order valence-corrected chi connectivity index (χ4v) is 3.19. The first-order chi connectivity index (χ1) is 17.6. The number of ether oxygens (including phenoxy) is 2. The van der Waals surface area contributed by atoms with Crippen LogP contribution in [0.25, 0.3) is 0 Å². The normalized spacial score (nSPS) is 10.3. The number of Topliss-reactive ketones (excluding diaryl/α,β-unsaturated/α-hetero) is 1. The number of carbonyl (C=O) groups is 4. The minimum atomic E-state index is -0.773. The van der Waals surface area contributed by atoms with E-state index in [9.17, 15) is 29.3 Å². The third-order valence-electron chi connectivity index (χ3n) is 5.22. The van der Waals surface area contributed by atoms with Gasteiger partial charge in [0.05, 0.1) is 16.9 Å². The minimum Gasteiger partial charge on any atom is -0.457 e. The lowest BCUT2D eigenvalue weighted by atomic mass is 10.1. The molecule has 0 aliphatic rings. The van der Waals surface area contributed by atoms with Crippen molar-refractivity contribution in [3.63, 3.8) is 0 Å². The van der Waals surface area contributed by atoms with Crippen molar-refractivity contribution in [1.29, 1.82) is 0 Å². The van der Waals surface area contributed by atoms with E-state index in [1.807, 2.05) is 6.92 Å². The Morgan fingerprint density at radius 3 is 2.11 bits per heavy atom. The average Bonchev–Trinajstić information content (AvgIpc) is 2.87. The van der Waals surface area contributed by atoms with E-state index < -0.39 is 35.2 Å². The summed E-state index contributed by atoms with van der Waals surface area (Å²) in [5, 5.41) is 13.6. The average molecular weight is 504 g/mol. The zero-order chi connectivity index (χ0) is 26.9. The maximum atomic E-state index is 12.3. The number of nitrogens with zero attached hydrogens (tertiary/aromatic N) is 1. The number of ketones is 1. The van der Waals surface area contributed by atoms with E-state index in [4.69, 9.17) is 9.47 Å². The highest BCUT2D eigenvalue weighted by Crippen LogP contribution is 2.25. The molecule has 37 heavy (non-hydrogen) atoms. The van der Waals surface area contributed by atoms with E-state index in [1.165, 1.54) is 36.4 Å². The van der Waals surface area contributed by atoms with Gasteiger partial charge in [0.2, 0.25) is 5.91 Å². The molecule has 0 bridgehead atoms. The van der Waals surface area contributed by atoms with E-state index in [0.717, 1.165) is 5.56 Å². The fourth-order valence-electron chi connectivity index (χ4n) is 3.19. The summed E-state index contributed by atoms with van der Waals surface area (Å²) in [6.07, 6.45) is -0.591. The van der Waals surface area contributed by atoms with Crippen LogP contribution in [0, 0.1) is 24.0 Å². The van der Waals surface area contributed by atoms with Crippen LogP contribution in [0.2, 0.25) is 0 Å². The predicted molar refractivity (Wildman–Crippen MR) is 134 cm³/mol. The van der Waals surface area contributed by atoms with Crippen LogP contribution in [-0.4, -0.2) is 35.2 Å². The molecule has 1 N–H and O–H groups in total. The Morgan fingerprint density at radius 2 is 1.46 bits per heavy atom. The number of aryl methyl sites for hydroxylation is 2. The van der Waals surface area contributed by atoms with Gasteiger partial charge in [-0.25, -0.2) is 4.79 Å². The quantitative estimate of drug-likeness (QED) is 0.139. The van der Waals surface area contributed by atoms with Gasteiger partial charge in [-0.15, -0.1) is 0 Å². The second kappa shape index (κ2) is 12.2. The van der Waals surface area contributed by atoms with Crippen LogP contribution in [0.4, 0.5) is 11.4 Å². The van der Waals surface area contributed by atoms with E-state index in [0.29, 0.717) is 11.1 Å². The van der Waals surface area contributed by atoms with E-state index in [2.05, 4.69) is 5.32 Å². The lowest BCUT2D eigenvalue weighted by molar-refractivity contribution is -0.384. The van der Waals surface area contributed by atoms with Crippen molar-refractivity contribution in [3.05, 3.63) is 99.1 Å². The number of benzene rings is 3. The summed E-state index contributed by atoms with van der Waals surface area (Å²) in [6.45, 7) is 3.05. The Kier molecular flexibility index (Phi) is 8.82. The van der Waals surface area contributed by atoms with Gasteiger partial charge in [-0.05, 0) is 61.9 Å². The van der Waals surface area contributed by atoms with Crippen LogP contribution in [0.3, 0.4) is 0 Å². The van der Waals surface area contributed by atoms with Crippen LogP contribution in [0.5, 0.6) is 5.75 Å². The number of esters is 2. The molecule has 0 saturated carbocycles. The largest absolute Gasteiger partial charge is 0.457 e. The van der Waals surface area contributed by atoms with Crippen molar-refractivity contribution in [1.82, 2.24) is 0 Å². The van der Waals surface area contributed by atoms with Crippen molar-refractivity contribution in [2.45, 2.75) is 26.7 Å². The number of hydrogen-bond donors (Lipinski definition) is 1. The van der Waals surface area contributed by atoms with Gasteiger partial charge in [-0.2, -0.15) is 0 Å². The van der Waals surface area contributed by atoms with Crippen LogP contribution >= 0.6 is 0 Å². The van der Waals surface area contributed by atoms with Crippen LogP contribution in [0.15, 0.2) is 66.7 Å².